The van der Waals surface area contributed by atoms with E-state index in [0.29, 0.717) is 0 Å². The predicted molar refractivity (Wildman–Crippen MR) is 99.0 cm³/mol. The second kappa shape index (κ2) is 10.6. The smallest absolute Gasteiger partial charge is 0.150 e. The van der Waals surface area contributed by atoms with Crippen molar-refractivity contribution < 1.29 is 4.79 Å². The fraction of sp³-hybridized carbons (Fsp3) is 0.682. The molecule has 0 unspecified atom stereocenters. The molecule has 1 aliphatic carbocycles. The topological polar surface area (TPSA) is 17.1 Å². The van der Waals surface area contributed by atoms with E-state index in [1.54, 1.807) is 0 Å². The maximum absolute atomic E-state index is 10.6. The first kappa shape index (κ1) is 18.2. The van der Waals surface area contributed by atoms with Gasteiger partial charge in [0.1, 0.15) is 6.29 Å². The van der Waals surface area contributed by atoms with Crippen LogP contribution in [0.25, 0.3) is 0 Å². The molecule has 1 aliphatic rings. The lowest BCUT2D eigenvalue weighted by molar-refractivity contribution is 0.112. The molecule has 0 N–H and O–H groups in total. The summed E-state index contributed by atoms with van der Waals surface area (Å²) in [6.07, 6.45) is 17.8. The maximum atomic E-state index is 10.6. The van der Waals surface area contributed by atoms with Crippen molar-refractivity contribution in [1.29, 1.82) is 0 Å². The Morgan fingerprint density at radius 2 is 1.43 bits per heavy atom. The number of unbranched alkanes of at least 4 members (excludes halogenated alkanes) is 3. The number of carbonyl (C=O) groups excluding carboxylic acids is 1. The molecule has 0 aliphatic heterocycles. The Bertz CT molecular complexity index is 426. The molecule has 1 saturated carbocycles. The van der Waals surface area contributed by atoms with Gasteiger partial charge in [-0.25, -0.2) is 0 Å². The second-order valence-electron chi connectivity index (χ2n) is 7.49. The van der Waals surface area contributed by atoms with E-state index in [-0.39, 0.29) is 0 Å². The molecule has 1 heteroatoms. The van der Waals surface area contributed by atoms with E-state index < -0.39 is 0 Å². The largest absolute Gasteiger partial charge is 0.298 e. The molecule has 0 bridgehead atoms. The molecule has 1 fully saturated rings. The lowest BCUT2D eigenvalue weighted by Gasteiger charge is -2.28. The number of rotatable bonds is 10. The van der Waals surface area contributed by atoms with Crippen LogP contribution in [0.5, 0.6) is 0 Å². The van der Waals surface area contributed by atoms with Crippen LogP contribution in [0.15, 0.2) is 24.3 Å². The average Bonchev–Trinajstić information content (AvgIpc) is 2.61. The van der Waals surface area contributed by atoms with E-state index in [9.17, 15) is 4.79 Å². The highest BCUT2D eigenvalue weighted by atomic mass is 16.1. The number of hydrogen-bond donors (Lipinski definition) is 0. The summed E-state index contributed by atoms with van der Waals surface area (Å²) in [4.78, 5) is 10.6. The van der Waals surface area contributed by atoms with Crippen molar-refractivity contribution in [3.8, 4) is 0 Å². The third-order valence-corrected chi connectivity index (χ3v) is 5.63. The first-order valence-corrected chi connectivity index (χ1v) is 9.86. The third kappa shape index (κ3) is 6.89. The molecule has 0 atom stereocenters. The zero-order chi connectivity index (χ0) is 16.3. The fourth-order valence-electron chi connectivity index (χ4n) is 4.02. The molecule has 0 aromatic heterocycles. The van der Waals surface area contributed by atoms with Crippen molar-refractivity contribution in [3.63, 3.8) is 0 Å². The summed E-state index contributed by atoms with van der Waals surface area (Å²) in [5.41, 5.74) is 2.15. The van der Waals surface area contributed by atoms with Crippen molar-refractivity contribution in [3.05, 3.63) is 35.4 Å². The zero-order valence-corrected chi connectivity index (χ0v) is 14.9. The molecule has 0 spiro atoms. The van der Waals surface area contributed by atoms with Crippen LogP contribution in [-0.4, -0.2) is 6.29 Å². The average molecular weight is 315 g/mol. The van der Waals surface area contributed by atoms with Crippen molar-refractivity contribution >= 4 is 6.29 Å². The van der Waals surface area contributed by atoms with E-state index in [1.807, 2.05) is 12.1 Å². The van der Waals surface area contributed by atoms with E-state index in [4.69, 9.17) is 0 Å². The van der Waals surface area contributed by atoms with E-state index >= 15 is 0 Å². The van der Waals surface area contributed by atoms with Gasteiger partial charge in [0.05, 0.1) is 0 Å². The minimum absolute atomic E-state index is 0.782. The normalized spacial score (nSPS) is 21.3. The highest BCUT2D eigenvalue weighted by molar-refractivity contribution is 5.74. The van der Waals surface area contributed by atoms with Crippen LogP contribution in [0.2, 0.25) is 0 Å². The van der Waals surface area contributed by atoms with Crippen molar-refractivity contribution in [2.75, 3.05) is 0 Å². The Labute approximate surface area is 142 Å². The van der Waals surface area contributed by atoms with Gasteiger partial charge in [-0.15, -0.1) is 0 Å². The number of aldehydes is 1. The lowest BCUT2D eigenvalue weighted by atomic mass is 9.78. The van der Waals surface area contributed by atoms with Crippen LogP contribution in [0.3, 0.4) is 0 Å². The van der Waals surface area contributed by atoms with Gasteiger partial charge in [0.15, 0.2) is 0 Å². The zero-order valence-electron chi connectivity index (χ0n) is 14.9. The highest BCUT2D eigenvalue weighted by Crippen LogP contribution is 2.34. The molecule has 1 aromatic carbocycles. The van der Waals surface area contributed by atoms with Gasteiger partial charge in [-0.2, -0.15) is 0 Å². The Kier molecular flexibility index (Phi) is 8.42. The van der Waals surface area contributed by atoms with Crippen molar-refractivity contribution in [2.24, 2.45) is 11.8 Å². The Morgan fingerprint density at radius 1 is 0.870 bits per heavy atom. The van der Waals surface area contributed by atoms with E-state index in [1.165, 1.54) is 76.2 Å². The van der Waals surface area contributed by atoms with Crippen LogP contribution < -0.4 is 0 Å². The minimum Gasteiger partial charge on any atom is -0.298 e. The van der Waals surface area contributed by atoms with Gasteiger partial charge in [-0.05, 0) is 30.2 Å². The van der Waals surface area contributed by atoms with E-state index in [2.05, 4.69) is 19.1 Å². The van der Waals surface area contributed by atoms with Gasteiger partial charge in [-0.3, -0.25) is 4.79 Å². The summed E-state index contributed by atoms with van der Waals surface area (Å²) >= 11 is 0. The Morgan fingerprint density at radius 3 is 1.96 bits per heavy atom. The molecule has 1 aromatic rings. The van der Waals surface area contributed by atoms with Gasteiger partial charge >= 0.3 is 0 Å². The first-order chi connectivity index (χ1) is 11.3. The SMILES string of the molecule is CCCCCC1CCC(CCCCc2ccc(C=O)cc2)CC1. The first-order valence-electron chi connectivity index (χ1n) is 9.86. The van der Waals surface area contributed by atoms with Crippen LogP contribution in [-0.2, 0) is 6.42 Å². The molecule has 0 radical (unpaired) electrons. The van der Waals surface area contributed by atoms with E-state index in [0.717, 1.165) is 30.1 Å². The van der Waals surface area contributed by atoms with Gasteiger partial charge in [0, 0.05) is 5.56 Å². The van der Waals surface area contributed by atoms with Crippen molar-refractivity contribution in [2.45, 2.75) is 84.0 Å². The quantitative estimate of drug-likeness (QED) is 0.351. The van der Waals surface area contributed by atoms with Crippen LogP contribution in [0, 0.1) is 11.8 Å². The van der Waals surface area contributed by atoms with Gasteiger partial charge in [-0.1, -0.05) is 95.4 Å². The lowest BCUT2D eigenvalue weighted by Crippen LogP contribution is -2.14. The van der Waals surface area contributed by atoms with Gasteiger partial charge < -0.3 is 0 Å². The van der Waals surface area contributed by atoms with Gasteiger partial charge in [0.2, 0.25) is 0 Å². The maximum Gasteiger partial charge on any atom is 0.150 e. The number of aryl methyl sites for hydroxylation is 1. The summed E-state index contributed by atoms with van der Waals surface area (Å²) in [7, 11) is 0. The molecule has 1 nitrogen and oxygen atoms in total. The molecule has 0 saturated heterocycles. The van der Waals surface area contributed by atoms with Crippen molar-refractivity contribution in [1.82, 2.24) is 0 Å². The fourth-order valence-corrected chi connectivity index (χ4v) is 4.02. The second-order valence-corrected chi connectivity index (χ2v) is 7.49. The summed E-state index contributed by atoms with van der Waals surface area (Å²) < 4.78 is 0. The molecule has 0 heterocycles. The Balaban J connectivity index is 1.54. The summed E-state index contributed by atoms with van der Waals surface area (Å²) in [6.45, 7) is 2.30. The highest BCUT2D eigenvalue weighted by Gasteiger charge is 2.20. The van der Waals surface area contributed by atoms with Crippen LogP contribution in [0.1, 0.15) is 93.5 Å². The number of benzene rings is 1. The molecule has 23 heavy (non-hydrogen) atoms. The molecule has 2 rings (SSSR count). The predicted octanol–water partition coefficient (Wildman–Crippen LogP) is 6.60. The third-order valence-electron chi connectivity index (χ3n) is 5.63. The number of carbonyl (C=O) groups is 1. The number of hydrogen-bond acceptors (Lipinski definition) is 1. The van der Waals surface area contributed by atoms with Crippen LogP contribution >= 0.6 is 0 Å². The monoisotopic (exact) mass is 314 g/mol. The molecule has 0 amide bonds. The molecular formula is C22H34O. The standard InChI is InChI=1S/C22H34O/c1-2-3-4-7-19-10-12-20(13-11-19)8-5-6-9-21-14-16-22(18-23)17-15-21/h14-20H,2-13H2,1H3. The van der Waals surface area contributed by atoms with Crippen LogP contribution in [0.4, 0.5) is 0 Å². The minimum atomic E-state index is 0.782. The molecular weight excluding hydrogens is 280 g/mol. The summed E-state index contributed by atoms with van der Waals surface area (Å²) in [5.74, 6) is 2.03. The van der Waals surface area contributed by atoms with Gasteiger partial charge in [0.25, 0.3) is 0 Å². The summed E-state index contributed by atoms with van der Waals surface area (Å²) in [6, 6.07) is 8.07. The summed E-state index contributed by atoms with van der Waals surface area (Å²) in [5, 5.41) is 0. The molecule has 128 valence electrons. The Hall–Kier alpha value is -1.11.